The summed E-state index contributed by atoms with van der Waals surface area (Å²) in [6.07, 6.45) is 0. The van der Waals surface area contributed by atoms with Crippen LogP contribution < -0.4 is 5.73 Å². The highest BCUT2D eigenvalue weighted by Crippen LogP contribution is 2.26. The number of nitrogen functional groups attached to an aromatic ring is 1. The summed E-state index contributed by atoms with van der Waals surface area (Å²) in [5.74, 6) is 1.57. The lowest BCUT2D eigenvalue weighted by Crippen LogP contribution is -2.06. The van der Waals surface area contributed by atoms with Gasteiger partial charge in [0, 0.05) is 23.9 Å². The Morgan fingerprint density at radius 2 is 1.80 bits per heavy atom. The van der Waals surface area contributed by atoms with Crippen molar-refractivity contribution in [2.75, 3.05) is 12.8 Å². The quantitative estimate of drug-likeness (QED) is 0.926. The predicted octanol–water partition coefficient (Wildman–Crippen LogP) is 3.30. The average Bonchev–Trinajstić information content (AvgIpc) is 2.38. The number of aryl methyl sites for hydroxylation is 1. The van der Waals surface area contributed by atoms with Crippen LogP contribution in [0, 0.1) is 6.92 Å². The van der Waals surface area contributed by atoms with Crippen molar-refractivity contribution in [2.24, 2.45) is 0 Å². The summed E-state index contributed by atoms with van der Waals surface area (Å²) in [6, 6.07) is 8.03. The normalized spacial score (nSPS) is 11.1. The second-order valence-electron chi connectivity index (χ2n) is 5.22. The molecular weight excluding hydrogens is 250 g/mol. The van der Waals surface area contributed by atoms with E-state index in [1.54, 1.807) is 7.11 Å². The van der Waals surface area contributed by atoms with Crippen molar-refractivity contribution in [3.05, 3.63) is 41.1 Å². The van der Waals surface area contributed by atoms with Gasteiger partial charge in [-0.15, -0.1) is 0 Å². The summed E-state index contributed by atoms with van der Waals surface area (Å²) in [5.41, 5.74) is 10.1. The molecule has 1 aromatic carbocycles. The fourth-order valence-electron chi connectivity index (χ4n) is 2.36. The maximum absolute atomic E-state index is 6.07. The Kier molecular flexibility index (Phi) is 4.35. The fraction of sp³-hybridized carbons (Fsp3) is 0.375. The minimum absolute atomic E-state index is 0.327. The molecule has 106 valence electrons. The van der Waals surface area contributed by atoms with Crippen LogP contribution in [0.3, 0.4) is 0 Å². The van der Waals surface area contributed by atoms with E-state index < -0.39 is 0 Å². The molecule has 2 N–H and O–H groups in total. The Morgan fingerprint density at radius 1 is 1.15 bits per heavy atom. The Bertz CT molecular complexity index is 568. The molecule has 20 heavy (non-hydrogen) atoms. The summed E-state index contributed by atoms with van der Waals surface area (Å²) in [6.45, 7) is 6.79. The van der Waals surface area contributed by atoms with Crippen LogP contribution in [0.2, 0.25) is 0 Å². The topological polar surface area (TPSA) is 61.0 Å². The first-order valence-electron chi connectivity index (χ1n) is 6.75. The average molecular weight is 271 g/mol. The molecule has 0 amide bonds. The summed E-state index contributed by atoms with van der Waals surface area (Å²) in [7, 11) is 1.69. The van der Waals surface area contributed by atoms with E-state index in [9.17, 15) is 0 Å². The minimum Gasteiger partial charge on any atom is -0.383 e. The summed E-state index contributed by atoms with van der Waals surface area (Å²) in [5, 5.41) is 0. The van der Waals surface area contributed by atoms with Crippen molar-refractivity contribution in [1.82, 2.24) is 9.97 Å². The number of anilines is 1. The Hall–Kier alpha value is -1.94. The van der Waals surface area contributed by atoms with Crippen LogP contribution >= 0.6 is 0 Å². The molecule has 4 heteroatoms. The molecule has 2 aromatic rings. The largest absolute Gasteiger partial charge is 0.383 e. The zero-order valence-corrected chi connectivity index (χ0v) is 12.5. The van der Waals surface area contributed by atoms with Gasteiger partial charge >= 0.3 is 0 Å². The number of rotatable bonds is 4. The molecule has 1 heterocycles. The molecule has 0 atom stereocenters. The van der Waals surface area contributed by atoms with Gasteiger partial charge in [0.2, 0.25) is 0 Å². The zero-order chi connectivity index (χ0) is 14.7. The van der Waals surface area contributed by atoms with Gasteiger partial charge in [-0.05, 0) is 18.4 Å². The maximum atomic E-state index is 6.07. The van der Waals surface area contributed by atoms with E-state index in [0.717, 1.165) is 22.4 Å². The molecule has 0 aliphatic carbocycles. The van der Waals surface area contributed by atoms with Crippen LogP contribution in [-0.4, -0.2) is 17.1 Å². The third-order valence-corrected chi connectivity index (χ3v) is 3.27. The van der Waals surface area contributed by atoms with Gasteiger partial charge in [-0.25, -0.2) is 9.97 Å². The molecule has 1 aromatic heterocycles. The molecule has 0 saturated heterocycles. The van der Waals surface area contributed by atoms with Gasteiger partial charge in [0.25, 0.3) is 0 Å². The number of methoxy groups -OCH3 is 1. The molecule has 0 aliphatic rings. The number of nitrogens with zero attached hydrogens (tertiary/aromatic N) is 2. The first kappa shape index (κ1) is 14.5. The Morgan fingerprint density at radius 3 is 2.30 bits per heavy atom. The number of hydrogen-bond donors (Lipinski definition) is 1. The van der Waals surface area contributed by atoms with Crippen molar-refractivity contribution in [2.45, 2.75) is 33.3 Å². The maximum Gasteiger partial charge on any atom is 0.161 e. The van der Waals surface area contributed by atoms with E-state index in [-0.39, 0.29) is 0 Å². The first-order valence-corrected chi connectivity index (χ1v) is 6.75. The molecule has 2 rings (SSSR count). The molecule has 0 bridgehead atoms. The lowest BCUT2D eigenvalue weighted by Gasteiger charge is -2.13. The smallest absolute Gasteiger partial charge is 0.161 e. The summed E-state index contributed by atoms with van der Waals surface area (Å²) in [4.78, 5) is 9.02. The van der Waals surface area contributed by atoms with E-state index >= 15 is 0 Å². The second-order valence-corrected chi connectivity index (χ2v) is 5.22. The molecule has 0 unspecified atom stereocenters. The molecule has 0 aliphatic heterocycles. The third-order valence-electron chi connectivity index (χ3n) is 3.27. The molecule has 0 fully saturated rings. The van der Waals surface area contributed by atoms with Crippen LogP contribution in [-0.2, 0) is 11.3 Å². The second kappa shape index (κ2) is 6.01. The van der Waals surface area contributed by atoms with Gasteiger partial charge in [-0.2, -0.15) is 0 Å². The van der Waals surface area contributed by atoms with Gasteiger partial charge in [0.15, 0.2) is 5.82 Å². The van der Waals surface area contributed by atoms with Gasteiger partial charge < -0.3 is 10.5 Å². The molecule has 0 spiro atoms. The zero-order valence-electron chi connectivity index (χ0n) is 12.5. The molecule has 0 radical (unpaired) electrons. The third kappa shape index (κ3) is 2.96. The number of benzene rings is 1. The van der Waals surface area contributed by atoms with Crippen molar-refractivity contribution < 1.29 is 4.74 Å². The van der Waals surface area contributed by atoms with Crippen LogP contribution in [0.15, 0.2) is 24.3 Å². The highest BCUT2D eigenvalue weighted by atomic mass is 16.5. The first-order chi connectivity index (χ1) is 9.52. The highest BCUT2D eigenvalue weighted by molar-refractivity contribution is 5.59. The van der Waals surface area contributed by atoms with Gasteiger partial charge in [-0.1, -0.05) is 38.1 Å². The highest BCUT2D eigenvalue weighted by Gasteiger charge is 2.13. The monoisotopic (exact) mass is 271 g/mol. The van der Waals surface area contributed by atoms with Crippen molar-refractivity contribution in [1.29, 1.82) is 0 Å². The molecule has 4 nitrogen and oxygen atoms in total. The number of hydrogen-bond acceptors (Lipinski definition) is 4. The Labute approximate surface area is 120 Å². The number of aromatic nitrogens is 2. The van der Waals surface area contributed by atoms with Crippen molar-refractivity contribution in [3.8, 4) is 11.4 Å². The van der Waals surface area contributed by atoms with E-state index in [0.29, 0.717) is 24.2 Å². The van der Waals surface area contributed by atoms with Crippen molar-refractivity contribution in [3.63, 3.8) is 0 Å². The fourth-order valence-corrected chi connectivity index (χ4v) is 2.36. The van der Waals surface area contributed by atoms with Gasteiger partial charge in [0.1, 0.15) is 5.82 Å². The van der Waals surface area contributed by atoms with Crippen molar-refractivity contribution >= 4 is 5.82 Å². The van der Waals surface area contributed by atoms with Gasteiger partial charge in [-0.3, -0.25) is 0 Å². The SMILES string of the molecule is COCc1ccc(-c2nc(C)c(C(C)C)c(N)n2)cc1. The van der Waals surface area contributed by atoms with E-state index in [1.165, 1.54) is 0 Å². The standard InChI is InChI=1S/C16H21N3O/c1-10(2)14-11(3)18-16(19-15(14)17)13-7-5-12(6-8-13)9-20-4/h5-8,10H,9H2,1-4H3,(H2,17,18,19). The van der Waals surface area contributed by atoms with Crippen LogP contribution in [0.4, 0.5) is 5.82 Å². The molecule has 0 saturated carbocycles. The van der Waals surface area contributed by atoms with Crippen LogP contribution in [0.5, 0.6) is 0 Å². The Balaban J connectivity index is 2.38. The van der Waals surface area contributed by atoms with E-state index in [2.05, 4.69) is 23.8 Å². The summed E-state index contributed by atoms with van der Waals surface area (Å²) >= 11 is 0. The van der Waals surface area contributed by atoms with E-state index in [1.807, 2.05) is 31.2 Å². The van der Waals surface area contributed by atoms with E-state index in [4.69, 9.17) is 10.5 Å². The van der Waals surface area contributed by atoms with Gasteiger partial charge in [0.05, 0.1) is 6.61 Å². The number of nitrogens with two attached hydrogens (primary N) is 1. The minimum atomic E-state index is 0.327. The van der Waals surface area contributed by atoms with Crippen LogP contribution in [0.1, 0.15) is 36.6 Å². The molecular formula is C16H21N3O. The van der Waals surface area contributed by atoms with Crippen LogP contribution in [0.25, 0.3) is 11.4 Å². The lowest BCUT2D eigenvalue weighted by molar-refractivity contribution is 0.185. The predicted molar refractivity (Wildman–Crippen MR) is 81.4 cm³/mol. The lowest BCUT2D eigenvalue weighted by atomic mass is 10.0. The number of ether oxygens (including phenoxy) is 1. The summed E-state index contributed by atoms with van der Waals surface area (Å²) < 4.78 is 5.10.